The minimum Gasteiger partial charge on any atom is -0.464 e. The van der Waals surface area contributed by atoms with E-state index in [0.717, 1.165) is 19.6 Å². The quantitative estimate of drug-likeness (QED) is 0.496. The topological polar surface area (TPSA) is 38.8 Å². The lowest BCUT2D eigenvalue weighted by Crippen LogP contribution is -2.28. The Balaban J connectivity index is 1.86. The van der Waals surface area contributed by atoms with E-state index >= 15 is 0 Å². The Morgan fingerprint density at radius 3 is 1.96 bits per heavy atom. The summed E-state index contributed by atoms with van der Waals surface area (Å²) in [6.07, 6.45) is 0. The van der Waals surface area contributed by atoms with E-state index in [1.54, 1.807) is 6.92 Å². The number of rotatable bonds is 10. The zero-order valence-electron chi connectivity index (χ0n) is 14.2. The highest BCUT2D eigenvalue weighted by Gasteiger charge is 2.08. The number of carbonyl (C=O) groups is 1. The van der Waals surface area contributed by atoms with Crippen LogP contribution in [-0.4, -0.2) is 37.2 Å². The monoisotopic (exact) mass is 327 g/mol. The van der Waals surface area contributed by atoms with Crippen LogP contribution in [0, 0.1) is 0 Å². The molecule has 0 saturated carbocycles. The van der Waals surface area contributed by atoms with Crippen LogP contribution in [0.25, 0.3) is 0 Å². The lowest BCUT2D eigenvalue weighted by Gasteiger charge is -2.22. The second-order valence-corrected chi connectivity index (χ2v) is 5.54. The van der Waals surface area contributed by atoms with Gasteiger partial charge in [-0.15, -0.1) is 0 Å². The van der Waals surface area contributed by atoms with Gasteiger partial charge < -0.3 is 9.47 Å². The molecule has 0 radical (unpaired) electrons. The first-order valence-electron chi connectivity index (χ1n) is 8.31. The number of hydrogen-bond donors (Lipinski definition) is 0. The van der Waals surface area contributed by atoms with Gasteiger partial charge >= 0.3 is 5.97 Å². The number of nitrogens with zero attached hydrogens (tertiary/aromatic N) is 1. The smallest absolute Gasteiger partial charge is 0.332 e. The summed E-state index contributed by atoms with van der Waals surface area (Å²) in [7, 11) is 0. The van der Waals surface area contributed by atoms with Crippen LogP contribution in [0.3, 0.4) is 0 Å². The normalized spacial score (nSPS) is 10.8. The van der Waals surface area contributed by atoms with Crippen LogP contribution in [0.5, 0.6) is 0 Å². The zero-order chi connectivity index (χ0) is 17.0. The van der Waals surface area contributed by atoms with Crippen LogP contribution in [0.4, 0.5) is 0 Å². The molecule has 128 valence electrons. The van der Waals surface area contributed by atoms with Crippen molar-refractivity contribution in [1.82, 2.24) is 4.90 Å². The number of benzene rings is 2. The van der Waals surface area contributed by atoms with E-state index in [2.05, 4.69) is 29.2 Å². The molecule has 24 heavy (non-hydrogen) atoms. The van der Waals surface area contributed by atoms with Gasteiger partial charge in [-0.2, -0.15) is 0 Å². The largest absolute Gasteiger partial charge is 0.464 e. The van der Waals surface area contributed by atoms with Crippen molar-refractivity contribution < 1.29 is 14.3 Å². The van der Waals surface area contributed by atoms with Crippen molar-refractivity contribution in [3.63, 3.8) is 0 Å². The van der Waals surface area contributed by atoms with E-state index < -0.39 is 0 Å². The zero-order valence-corrected chi connectivity index (χ0v) is 14.2. The summed E-state index contributed by atoms with van der Waals surface area (Å²) >= 11 is 0. The Labute approximate surface area is 144 Å². The minimum absolute atomic E-state index is 0.0123. The van der Waals surface area contributed by atoms with Crippen LogP contribution in [0.15, 0.2) is 60.7 Å². The molecule has 0 fully saturated rings. The Morgan fingerprint density at radius 2 is 1.46 bits per heavy atom. The van der Waals surface area contributed by atoms with E-state index in [0.29, 0.717) is 13.2 Å². The second-order valence-electron chi connectivity index (χ2n) is 5.54. The summed E-state index contributed by atoms with van der Waals surface area (Å²) in [6.45, 7) is 5.13. The number of ether oxygens (including phenoxy) is 2. The fourth-order valence-corrected chi connectivity index (χ4v) is 2.45. The average Bonchev–Trinajstić information content (AvgIpc) is 2.61. The predicted octanol–water partition coefficient (Wildman–Crippen LogP) is 3.27. The minimum atomic E-state index is -0.310. The van der Waals surface area contributed by atoms with E-state index in [-0.39, 0.29) is 12.6 Å². The maximum absolute atomic E-state index is 11.3. The van der Waals surface area contributed by atoms with Gasteiger partial charge in [0.2, 0.25) is 0 Å². The third kappa shape index (κ3) is 6.94. The molecule has 0 amide bonds. The molecule has 0 aliphatic carbocycles. The van der Waals surface area contributed by atoms with Gasteiger partial charge in [0.05, 0.1) is 13.2 Å². The molecular weight excluding hydrogens is 302 g/mol. The van der Waals surface area contributed by atoms with Crippen molar-refractivity contribution in [1.29, 1.82) is 0 Å². The van der Waals surface area contributed by atoms with E-state index in [1.807, 2.05) is 36.4 Å². The summed E-state index contributed by atoms with van der Waals surface area (Å²) in [5.74, 6) is -0.310. The maximum Gasteiger partial charge on any atom is 0.332 e. The number of carbonyl (C=O) groups excluding carboxylic acids is 1. The van der Waals surface area contributed by atoms with Crippen molar-refractivity contribution in [3.05, 3.63) is 71.8 Å². The lowest BCUT2D eigenvalue weighted by molar-refractivity contribution is -0.148. The molecule has 2 aromatic rings. The summed E-state index contributed by atoms with van der Waals surface area (Å²) < 4.78 is 10.3. The van der Waals surface area contributed by atoms with Crippen molar-refractivity contribution >= 4 is 5.97 Å². The molecule has 2 rings (SSSR count). The van der Waals surface area contributed by atoms with Crippen molar-refractivity contribution in [2.45, 2.75) is 20.0 Å². The first-order chi connectivity index (χ1) is 11.8. The molecule has 0 aliphatic rings. The van der Waals surface area contributed by atoms with Crippen LogP contribution in [0.2, 0.25) is 0 Å². The van der Waals surface area contributed by atoms with Crippen LogP contribution in [-0.2, 0) is 27.4 Å². The summed E-state index contributed by atoms with van der Waals surface area (Å²) in [5, 5.41) is 0. The van der Waals surface area contributed by atoms with Gasteiger partial charge in [0.1, 0.15) is 6.61 Å². The van der Waals surface area contributed by atoms with Crippen LogP contribution < -0.4 is 0 Å². The van der Waals surface area contributed by atoms with Crippen LogP contribution >= 0.6 is 0 Å². The third-order valence-electron chi connectivity index (χ3n) is 3.58. The highest BCUT2D eigenvalue weighted by atomic mass is 16.6. The van der Waals surface area contributed by atoms with Crippen LogP contribution in [0.1, 0.15) is 18.1 Å². The lowest BCUT2D eigenvalue weighted by atomic mass is 10.1. The summed E-state index contributed by atoms with van der Waals surface area (Å²) in [6, 6.07) is 20.7. The number of hydrogen-bond acceptors (Lipinski definition) is 4. The predicted molar refractivity (Wildman–Crippen MR) is 94.5 cm³/mol. The third-order valence-corrected chi connectivity index (χ3v) is 3.58. The van der Waals surface area contributed by atoms with Gasteiger partial charge in [-0.25, -0.2) is 4.79 Å². The van der Waals surface area contributed by atoms with E-state index in [9.17, 15) is 4.79 Å². The fourth-order valence-electron chi connectivity index (χ4n) is 2.45. The van der Waals surface area contributed by atoms with Crippen molar-refractivity contribution in [2.24, 2.45) is 0 Å². The van der Waals surface area contributed by atoms with Gasteiger partial charge in [-0.1, -0.05) is 60.7 Å². The maximum atomic E-state index is 11.3. The Morgan fingerprint density at radius 1 is 0.917 bits per heavy atom. The SMILES string of the molecule is CCOC(=O)COCCN(Cc1ccccc1)Cc1ccccc1. The first-order valence-corrected chi connectivity index (χ1v) is 8.31. The standard InChI is InChI=1S/C20H25NO3/c1-2-24-20(22)17-23-14-13-21(15-18-9-5-3-6-10-18)16-19-11-7-4-8-12-19/h3-12H,2,13-17H2,1H3. The molecule has 4 nitrogen and oxygen atoms in total. The fraction of sp³-hybridized carbons (Fsp3) is 0.350. The molecule has 0 aromatic heterocycles. The molecule has 0 atom stereocenters. The average molecular weight is 327 g/mol. The molecule has 4 heteroatoms. The van der Waals surface area contributed by atoms with Crippen molar-refractivity contribution in [3.8, 4) is 0 Å². The molecular formula is C20H25NO3. The van der Waals surface area contributed by atoms with Gasteiger partial charge in [0, 0.05) is 19.6 Å². The molecule has 2 aromatic carbocycles. The van der Waals surface area contributed by atoms with Gasteiger partial charge in [0.25, 0.3) is 0 Å². The Bertz CT molecular complexity index is 545. The molecule has 0 heterocycles. The molecule has 0 bridgehead atoms. The second kappa shape index (κ2) is 10.6. The Kier molecular flexibility index (Phi) is 8.01. The molecule has 0 N–H and O–H groups in total. The summed E-state index contributed by atoms with van der Waals surface area (Å²) in [5.41, 5.74) is 2.53. The highest BCUT2D eigenvalue weighted by molar-refractivity contribution is 5.70. The molecule has 0 spiro atoms. The van der Waals surface area contributed by atoms with E-state index in [4.69, 9.17) is 9.47 Å². The molecule has 0 aliphatic heterocycles. The first kappa shape index (κ1) is 18.2. The number of esters is 1. The Hall–Kier alpha value is -2.17. The molecule has 0 unspecified atom stereocenters. The van der Waals surface area contributed by atoms with Gasteiger partial charge in [-0.3, -0.25) is 4.90 Å². The highest BCUT2D eigenvalue weighted by Crippen LogP contribution is 2.09. The van der Waals surface area contributed by atoms with Crippen molar-refractivity contribution in [2.75, 3.05) is 26.4 Å². The van der Waals surface area contributed by atoms with Gasteiger partial charge in [0.15, 0.2) is 0 Å². The van der Waals surface area contributed by atoms with E-state index in [1.165, 1.54) is 11.1 Å². The molecule has 0 saturated heterocycles. The van der Waals surface area contributed by atoms with Gasteiger partial charge in [-0.05, 0) is 18.1 Å². The summed E-state index contributed by atoms with van der Waals surface area (Å²) in [4.78, 5) is 13.6.